The summed E-state index contributed by atoms with van der Waals surface area (Å²) >= 11 is 8.00. The third-order valence-electron chi connectivity index (χ3n) is 4.19. The summed E-state index contributed by atoms with van der Waals surface area (Å²) in [5, 5.41) is -0.380. The normalized spacial score (nSPS) is 12.5. The molecule has 0 spiro atoms. The van der Waals surface area contributed by atoms with E-state index in [9.17, 15) is 14.4 Å². The number of esters is 2. The Bertz CT molecular complexity index is 825. The van der Waals surface area contributed by atoms with Gasteiger partial charge in [0.25, 0.3) is 6.47 Å². The maximum absolute atomic E-state index is 12.6. The number of rotatable bonds is 15. The van der Waals surface area contributed by atoms with Crippen LogP contribution in [-0.4, -0.2) is 65.0 Å². The van der Waals surface area contributed by atoms with E-state index < -0.39 is 11.6 Å². The van der Waals surface area contributed by atoms with Gasteiger partial charge in [-0.3, -0.25) is 9.59 Å². The van der Waals surface area contributed by atoms with Gasteiger partial charge in [-0.2, -0.15) is 0 Å². The monoisotopic (exact) mass is 528 g/mol. The molecule has 1 atom stereocenters. The van der Waals surface area contributed by atoms with Gasteiger partial charge in [0.15, 0.2) is 0 Å². The van der Waals surface area contributed by atoms with Gasteiger partial charge in [0, 0.05) is 12.0 Å². The molecule has 34 heavy (non-hydrogen) atoms. The van der Waals surface area contributed by atoms with Crippen LogP contribution in [0.5, 0.6) is 0 Å². The summed E-state index contributed by atoms with van der Waals surface area (Å²) in [7, 11) is 0. The van der Waals surface area contributed by atoms with Gasteiger partial charge in [-0.15, -0.1) is 11.8 Å². The molecule has 188 valence electrons. The van der Waals surface area contributed by atoms with Crippen molar-refractivity contribution in [2.24, 2.45) is 0 Å². The van der Waals surface area contributed by atoms with Crippen molar-refractivity contribution in [2.75, 3.05) is 32.2 Å². The summed E-state index contributed by atoms with van der Waals surface area (Å²) in [6, 6.07) is 9.32. The summed E-state index contributed by atoms with van der Waals surface area (Å²) in [6.45, 7) is 8.00. The second kappa shape index (κ2) is 16.7. The molecule has 1 unspecified atom stereocenters. The Morgan fingerprint density at radius 2 is 1.74 bits per heavy atom. The molecule has 0 saturated carbocycles. The van der Waals surface area contributed by atoms with Gasteiger partial charge in [-0.25, -0.2) is 4.79 Å². The first-order valence-corrected chi connectivity index (χ1v) is 13.1. The third kappa shape index (κ3) is 13.1. The van der Waals surface area contributed by atoms with E-state index in [1.54, 1.807) is 26.8 Å². The van der Waals surface area contributed by atoms with Gasteiger partial charge in [0.2, 0.25) is 0 Å². The number of thioether (sulfide) groups is 2. The number of thiocarbonyl (C=S) groups is 1. The zero-order valence-corrected chi connectivity index (χ0v) is 22.4. The minimum absolute atomic E-state index is 0.0304. The minimum atomic E-state index is -0.865. The number of hydrogen-bond donors (Lipinski definition) is 0. The van der Waals surface area contributed by atoms with E-state index in [1.165, 1.54) is 23.5 Å². The molecule has 0 aliphatic carbocycles. The van der Waals surface area contributed by atoms with Crippen LogP contribution in [0.15, 0.2) is 35.9 Å². The molecule has 10 heteroatoms. The van der Waals surface area contributed by atoms with Crippen LogP contribution in [0, 0.1) is 0 Å². The topological polar surface area (TPSA) is 88.1 Å². The highest BCUT2D eigenvalue weighted by atomic mass is 32.2. The fraction of sp³-hybridized carbons (Fsp3) is 0.500. The number of hydrogen-bond acceptors (Lipinski definition) is 10. The van der Waals surface area contributed by atoms with Crippen molar-refractivity contribution in [3.8, 4) is 0 Å². The first-order chi connectivity index (χ1) is 16.2. The highest BCUT2D eigenvalue weighted by Crippen LogP contribution is 2.23. The lowest BCUT2D eigenvalue weighted by atomic mass is 9.96. The fourth-order valence-electron chi connectivity index (χ4n) is 2.61. The molecule has 7 nitrogen and oxygen atoms in total. The van der Waals surface area contributed by atoms with E-state index in [0.29, 0.717) is 15.6 Å². The maximum atomic E-state index is 12.6. The summed E-state index contributed by atoms with van der Waals surface area (Å²) in [6.07, 6.45) is 1.90. The van der Waals surface area contributed by atoms with Gasteiger partial charge in [0.05, 0.1) is 13.2 Å². The lowest BCUT2D eigenvalue weighted by Crippen LogP contribution is -2.27. The van der Waals surface area contributed by atoms with Crippen molar-refractivity contribution in [2.45, 2.75) is 45.0 Å². The smallest absolute Gasteiger partial charge is 0.334 e. The molecule has 0 bridgehead atoms. The largest absolute Gasteiger partial charge is 0.462 e. The van der Waals surface area contributed by atoms with Crippen molar-refractivity contribution in [3.05, 3.63) is 41.5 Å². The van der Waals surface area contributed by atoms with Crippen LogP contribution < -0.4 is 0 Å². The molecular weight excluding hydrogens is 496 g/mol. The molecule has 0 radical (unpaired) electrons. The van der Waals surface area contributed by atoms with Crippen LogP contribution in [0.25, 0.3) is 6.08 Å². The quantitative estimate of drug-likeness (QED) is 0.0799. The molecule has 1 aromatic carbocycles. The summed E-state index contributed by atoms with van der Waals surface area (Å²) in [5.41, 5.74) is 0.337. The van der Waals surface area contributed by atoms with Crippen molar-refractivity contribution in [1.82, 2.24) is 0 Å². The van der Waals surface area contributed by atoms with Gasteiger partial charge in [-0.05, 0) is 38.2 Å². The number of carbonyl (C=O) groups excluding carboxylic acids is 3. The first-order valence-electron chi connectivity index (χ1n) is 10.8. The standard InChI is InChI=1S/C24H32O7S3/c1-5-33-23(32)34-18(2)21(26)29-13-11-28-12-14-30-22(27)20(16-24(3,4)31-17-25)15-19-9-7-6-8-10-19/h6-10,15,17-18H,5,11-14,16H2,1-4H3/b20-15+. The zero-order valence-electron chi connectivity index (χ0n) is 19.9. The molecule has 0 aliphatic rings. The number of ether oxygens (including phenoxy) is 4. The molecular formula is C24H32O7S3. The number of benzene rings is 1. The predicted octanol–water partition coefficient (Wildman–Crippen LogP) is 4.67. The van der Waals surface area contributed by atoms with Crippen LogP contribution in [0.4, 0.5) is 0 Å². The average molecular weight is 529 g/mol. The number of carbonyl (C=O) groups is 3. The van der Waals surface area contributed by atoms with E-state index in [0.717, 1.165) is 11.3 Å². The van der Waals surface area contributed by atoms with Crippen LogP contribution in [0.3, 0.4) is 0 Å². The van der Waals surface area contributed by atoms with Crippen LogP contribution in [0.1, 0.15) is 39.7 Å². The molecule has 0 saturated heterocycles. The first kappa shape index (κ1) is 30.2. The Morgan fingerprint density at radius 3 is 2.35 bits per heavy atom. The fourth-order valence-corrected chi connectivity index (χ4v) is 5.15. The molecule has 1 aromatic rings. The molecule has 1 rings (SSSR count). The van der Waals surface area contributed by atoms with E-state index in [2.05, 4.69) is 0 Å². The predicted molar refractivity (Wildman–Crippen MR) is 141 cm³/mol. The second-order valence-electron chi connectivity index (χ2n) is 7.59. The molecule has 0 heterocycles. The summed E-state index contributed by atoms with van der Waals surface area (Å²) < 4.78 is 21.7. The Kier molecular flexibility index (Phi) is 14.8. The Hall–Kier alpha value is -1.88. The molecule has 0 amide bonds. The van der Waals surface area contributed by atoms with Gasteiger partial charge in [-0.1, -0.05) is 61.2 Å². The van der Waals surface area contributed by atoms with Gasteiger partial charge >= 0.3 is 11.9 Å². The van der Waals surface area contributed by atoms with Crippen LogP contribution >= 0.6 is 35.7 Å². The highest BCUT2D eigenvalue weighted by molar-refractivity contribution is 8.47. The maximum Gasteiger partial charge on any atom is 0.334 e. The second-order valence-corrected chi connectivity index (χ2v) is 11.4. The Labute approximate surface area is 215 Å². The minimum Gasteiger partial charge on any atom is -0.462 e. The summed E-state index contributed by atoms with van der Waals surface area (Å²) in [5.74, 6) is -0.0111. The van der Waals surface area contributed by atoms with Crippen molar-refractivity contribution >= 4 is 63.8 Å². The third-order valence-corrected chi connectivity index (χ3v) is 6.73. The van der Waals surface area contributed by atoms with E-state index >= 15 is 0 Å². The van der Waals surface area contributed by atoms with Crippen LogP contribution in [0.2, 0.25) is 0 Å². The molecule has 0 aromatic heterocycles. The van der Waals surface area contributed by atoms with E-state index in [1.807, 2.05) is 37.3 Å². The van der Waals surface area contributed by atoms with Crippen molar-refractivity contribution < 1.29 is 33.3 Å². The lowest BCUT2D eigenvalue weighted by Gasteiger charge is -2.23. The molecule has 0 N–H and O–H groups in total. The zero-order chi connectivity index (χ0) is 25.4. The van der Waals surface area contributed by atoms with E-state index in [-0.39, 0.29) is 44.1 Å². The van der Waals surface area contributed by atoms with E-state index in [4.69, 9.17) is 31.2 Å². The van der Waals surface area contributed by atoms with Gasteiger partial charge in [0.1, 0.15) is 27.6 Å². The average Bonchev–Trinajstić information content (AvgIpc) is 2.78. The SMILES string of the molecule is CCSC(=S)SC(C)C(=O)OCCOCCOC(=O)/C(=C/c1ccccc1)CC(C)(C)OC=O. The lowest BCUT2D eigenvalue weighted by molar-refractivity contribution is -0.146. The van der Waals surface area contributed by atoms with Crippen molar-refractivity contribution in [3.63, 3.8) is 0 Å². The molecule has 0 fully saturated rings. The van der Waals surface area contributed by atoms with Crippen molar-refractivity contribution in [1.29, 1.82) is 0 Å². The Morgan fingerprint density at radius 1 is 1.09 bits per heavy atom. The summed E-state index contributed by atoms with van der Waals surface area (Å²) in [4.78, 5) is 35.4. The molecule has 0 aliphatic heterocycles. The Balaban J connectivity index is 2.43. The highest BCUT2D eigenvalue weighted by Gasteiger charge is 2.25. The van der Waals surface area contributed by atoms with Gasteiger partial charge < -0.3 is 18.9 Å². The van der Waals surface area contributed by atoms with Crippen LogP contribution in [-0.2, 0) is 33.3 Å².